The Labute approximate surface area is 385 Å². The fourth-order valence-electron chi connectivity index (χ4n) is 12.1. The summed E-state index contributed by atoms with van der Waals surface area (Å²) in [5, 5.41) is 4.86. The number of para-hydroxylation sites is 4. The van der Waals surface area contributed by atoms with Gasteiger partial charge in [0.1, 0.15) is 11.5 Å². The van der Waals surface area contributed by atoms with Crippen LogP contribution >= 0.6 is 0 Å². The van der Waals surface area contributed by atoms with E-state index in [4.69, 9.17) is 4.74 Å². The van der Waals surface area contributed by atoms with Crippen LogP contribution in [0.2, 0.25) is 0 Å². The average molecular weight is 847 g/mol. The largest absolute Gasteiger partial charge is 0.457 e. The van der Waals surface area contributed by atoms with Crippen LogP contribution in [0.15, 0.2) is 225 Å². The van der Waals surface area contributed by atoms with E-state index < -0.39 is 5.41 Å². The van der Waals surface area contributed by atoms with Gasteiger partial charge in [-0.2, -0.15) is 0 Å². The second kappa shape index (κ2) is 14.2. The quantitative estimate of drug-likeness (QED) is 0.166. The van der Waals surface area contributed by atoms with E-state index in [0.717, 1.165) is 39.7 Å². The molecule has 0 N–H and O–H groups in total. The smallest absolute Gasteiger partial charge is 0.132 e. The molecule has 3 nitrogen and oxygen atoms in total. The Morgan fingerprint density at radius 1 is 0.530 bits per heavy atom. The molecule has 0 saturated carbocycles. The fraction of sp³-hybridized carbons (Fsp3) is 0.0794. The van der Waals surface area contributed by atoms with Gasteiger partial charge in [0, 0.05) is 49.6 Å². The zero-order chi connectivity index (χ0) is 44.3. The Balaban J connectivity index is 1.08. The van der Waals surface area contributed by atoms with Gasteiger partial charge in [0.05, 0.1) is 27.8 Å². The topological polar surface area (TPSA) is 17.4 Å². The highest BCUT2D eigenvalue weighted by Crippen LogP contribution is 2.62. The van der Waals surface area contributed by atoms with Crippen molar-refractivity contribution in [3.05, 3.63) is 258 Å². The van der Waals surface area contributed by atoms with E-state index in [9.17, 15) is 0 Å². The molecular formula is C63H46N2O. The molecule has 0 atom stereocenters. The van der Waals surface area contributed by atoms with Gasteiger partial charge < -0.3 is 14.2 Å². The lowest BCUT2D eigenvalue weighted by Crippen LogP contribution is -2.36. The van der Waals surface area contributed by atoms with Crippen molar-refractivity contribution in [2.45, 2.75) is 31.6 Å². The Hall–Kier alpha value is -8.14. The highest BCUT2D eigenvalue weighted by molar-refractivity contribution is 6.14. The monoisotopic (exact) mass is 846 g/mol. The molecule has 0 unspecified atom stereocenters. The lowest BCUT2D eigenvalue weighted by molar-refractivity contribution is 0.435. The van der Waals surface area contributed by atoms with Crippen LogP contribution in [-0.2, 0) is 10.8 Å². The first-order chi connectivity index (χ1) is 32.4. The summed E-state index contributed by atoms with van der Waals surface area (Å²) in [6, 6.07) is 71.4. The third-order valence-electron chi connectivity index (χ3n) is 14.7. The van der Waals surface area contributed by atoms with E-state index in [1.165, 1.54) is 82.8 Å². The number of hydrogen-bond acceptors (Lipinski definition) is 2. The summed E-state index contributed by atoms with van der Waals surface area (Å²) < 4.78 is 9.20. The summed E-state index contributed by atoms with van der Waals surface area (Å²) in [5.41, 5.74) is 18.4. The van der Waals surface area contributed by atoms with Gasteiger partial charge in [-0.3, -0.25) is 0 Å². The molecule has 13 rings (SSSR count). The number of anilines is 3. The molecule has 66 heavy (non-hydrogen) atoms. The Bertz CT molecular complexity index is 3700. The Morgan fingerprint density at radius 2 is 1.17 bits per heavy atom. The summed E-state index contributed by atoms with van der Waals surface area (Å²) in [6.45, 7) is 11.0. The fourth-order valence-corrected chi connectivity index (χ4v) is 12.1. The highest BCUT2D eigenvalue weighted by Gasteiger charge is 2.49. The van der Waals surface area contributed by atoms with Crippen molar-refractivity contribution in [2.24, 2.45) is 0 Å². The van der Waals surface area contributed by atoms with Crippen LogP contribution in [0.3, 0.4) is 0 Å². The first kappa shape index (κ1) is 38.3. The first-order valence-electron chi connectivity index (χ1n) is 23.0. The molecule has 314 valence electrons. The minimum Gasteiger partial charge on any atom is -0.457 e. The maximum atomic E-state index is 6.71. The summed E-state index contributed by atoms with van der Waals surface area (Å²) in [7, 11) is 0. The molecule has 2 aliphatic carbocycles. The van der Waals surface area contributed by atoms with Crippen molar-refractivity contribution >= 4 is 55.2 Å². The molecule has 1 spiro atoms. The second-order valence-corrected chi connectivity index (χ2v) is 18.3. The van der Waals surface area contributed by atoms with Gasteiger partial charge in [0.2, 0.25) is 0 Å². The molecule has 0 amide bonds. The summed E-state index contributed by atoms with van der Waals surface area (Å²) in [4.78, 5) is 2.46. The van der Waals surface area contributed by atoms with Crippen LogP contribution in [0.4, 0.5) is 17.1 Å². The normalized spacial score (nSPS) is 14.9. The van der Waals surface area contributed by atoms with Crippen LogP contribution < -0.4 is 9.64 Å². The van der Waals surface area contributed by atoms with Gasteiger partial charge in [0.25, 0.3) is 0 Å². The maximum absolute atomic E-state index is 6.71. The molecule has 0 saturated heterocycles. The third-order valence-corrected chi connectivity index (χ3v) is 14.7. The highest BCUT2D eigenvalue weighted by atomic mass is 16.5. The van der Waals surface area contributed by atoms with Crippen LogP contribution in [0.1, 0.15) is 54.2 Å². The molecule has 9 aromatic carbocycles. The van der Waals surface area contributed by atoms with E-state index in [2.05, 4.69) is 249 Å². The number of benzene rings is 9. The molecule has 0 fully saturated rings. The summed E-state index contributed by atoms with van der Waals surface area (Å²) in [5.74, 6) is 1.78. The van der Waals surface area contributed by atoms with Crippen LogP contribution in [-0.4, -0.2) is 4.57 Å². The number of fused-ring (bicyclic) bond motifs is 12. The van der Waals surface area contributed by atoms with Crippen molar-refractivity contribution in [2.75, 3.05) is 4.90 Å². The Morgan fingerprint density at radius 3 is 1.94 bits per heavy atom. The van der Waals surface area contributed by atoms with E-state index >= 15 is 0 Å². The zero-order valence-electron chi connectivity index (χ0n) is 37.2. The van der Waals surface area contributed by atoms with Crippen LogP contribution in [0.5, 0.6) is 11.5 Å². The van der Waals surface area contributed by atoms with Crippen molar-refractivity contribution in [3.63, 3.8) is 0 Å². The lowest BCUT2D eigenvalue weighted by atomic mass is 9.58. The van der Waals surface area contributed by atoms with Crippen LogP contribution in [0.25, 0.3) is 55.0 Å². The molecule has 2 heterocycles. The molecule has 3 heteroatoms. The first-order valence-corrected chi connectivity index (χ1v) is 23.0. The molecule has 3 aliphatic rings. The predicted molar refractivity (Wildman–Crippen MR) is 275 cm³/mol. The van der Waals surface area contributed by atoms with Gasteiger partial charge >= 0.3 is 0 Å². The predicted octanol–water partition coefficient (Wildman–Crippen LogP) is 16.7. The summed E-state index contributed by atoms with van der Waals surface area (Å²) in [6.07, 6.45) is 6.47. The number of allylic oxidation sites excluding steroid dienone is 5. The van der Waals surface area contributed by atoms with Gasteiger partial charge in [-0.05, 0) is 112 Å². The SMILES string of the molecule is C=CC1=C(/C=C\C)c2c(-n3c4ccccc4c4cc(N(c5ccccc5)c5ccc6c7c(cccc57)C5(c7ccccc7Oc7ccccc75)c5ccccc5-6)ccc43)cccc2C1(C)C. The number of aromatic nitrogens is 1. The third kappa shape index (κ3) is 5.03. The maximum Gasteiger partial charge on any atom is 0.132 e. The number of nitrogens with zero attached hydrogens (tertiary/aromatic N) is 2. The van der Waals surface area contributed by atoms with Crippen molar-refractivity contribution in [3.8, 4) is 28.3 Å². The van der Waals surface area contributed by atoms with E-state index in [1.807, 2.05) is 0 Å². The molecule has 1 aliphatic heterocycles. The van der Waals surface area contributed by atoms with E-state index in [-0.39, 0.29) is 5.41 Å². The van der Waals surface area contributed by atoms with Crippen molar-refractivity contribution < 1.29 is 4.74 Å². The summed E-state index contributed by atoms with van der Waals surface area (Å²) >= 11 is 0. The van der Waals surface area contributed by atoms with Gasteiger partial charge in [-0.25, -0.2) is 0 Å². The van der Waals surface area contributed by atoms with Crippen molar-refractivity contribution in [1.29, 1.82) is 0 Å². The van der Waals surface area contributed by atoms with Gasteiger partial charge in [0.15, 0.2) is 0 Å². The van der Waals surface area contributed by atoms with Gasteiger partial charge in [-0.15, -0.1) is 0 Å². The minimum atomic E-state index is -0.604. The lowest BCUT2D eigenvalue weighted by Gasteiger charge is -2.45. The Kier molecular flexibility index (Phi) is 8.23. The van der Waals surface area contributed by atoms with Crippen LogP contribution in [0, 0.1) is 0 Å². The number of hydrogen-bond donors (Lipinski definition) is 0. The van der Waals surface area contributed by atoms with E-state index in [0.29, 0.717) is 0 Å². The van der Waals surface area contributed by atoms with E-state index in [1.54, 1.807) is 0 Å². The zero-order valence-corrected chi connectivity index (χ0v) is 37.2. The number of rotatable bonds is 6. The molecular weight excluding hydrogens is 801 g/mol. The van der Waals surface area contributed by atoms with Gasteiger partial charge in [-0.1, -0.05) is 172 Å². The molecule has 0 radical (unpaired) electrons. The second-order valence-electron chi connectivity index (χ2n) is 18.3. The number of ether oxygens (including phenoxy) is 1. The molecule has 0 bridgehead atoms. The molecule has 10 aromatic rings. The van der Waals surface area contributed by atoms with Crippen molar-refractivity contribution in [1.82, 2.24) is 4.57 Å². The average Bonchev–Trinajstić information content (AvgIpc) is 3.80. The minimum absolute atomic E-state index is 0.179. The molecule has 1 aromatic heterocycles. The standard InChI is InChI=1S/C63H46N2O/c1-5-20-45-48(6-2)62(3,4)52-29-19-32-57(61(45)52)65-54-31-15-11-24-43(54)47-39-41(35-37-56(47)65)64(40-21-8-7-9-22-40)55-38-36-44-42-23-10-12-26-49(42)63(53-30-18-25-46(55)60(44)53)50-27-13-16-33-58(50)66-59-34-17-14-28-51(59)63/h5-39H,2H2,1,3-4H3/b20-5-.